The van der Waals surface area contributed by atoms with Gasteiger partial charge in [0.05, 0.1) is 5.69 Å². The minimum atomic E-state index is 0.636. The van der Waals surface area contributed by atoms with Crippen LogP contribution in [0.2, 0.25) is 0 Å². The molecule has 0 spiro atoms. The van der Waals surface area contributed by atoms with Gasteiger partial charge in [0, 0.05) is 21.8 Å². The SMILES string of the molecule is Cc1nc(CSC(C)CCCl)sc1C. The van der Waals surface area contributed by atoms with E-state index in [4.69, 9.17) is 11.6 Å². The fourth-order valence-electron chi connectivity index (χ4n) is 1.05. The lowest BCUT2D eigenvalue weighted by Gasteiger charge is -2.06. The Kier molecular flexibility index (Phi) is 5.28. The van der Waals surface area contributed by atoms with Crippen LogP contribution in [0.25, 0.3) is 0 Å². The van der Waals surface area contributed by atoms with Gasteiger partial charge in [0.2, 0.25) is 0 Å². The summed E-state index contributed by atoms with van der Waals surface area (Å²) in [6.45, 7) is 6.42. The van der Waals surface area contributed by atoms with Crippen LogP contribution in [0.3, 0.4) is 0 Å². The summed E-state index contributed by atoms with van der Waals surface area (Å²) in [6, 6.07) is 0. The Morgan fingerprint density at radius 2 is 2.21 bits per heavy atom. The van der Waals surface area contributed by atoms with Gasteiger partial charge in [0.1, 0.15) is 5.01 Å². The Hall–Kier alpha value is 0.270. The van der Waals surface area contributed by atoms with Crippen molar-refractivity contribution in [2.75, 3.05) is 5.88 Å². The minimum absolute atomic E-state index is 0.636. The predicted octanol–water partition coefficient (Wildman–Crippen LogP) is 4.01. The number of alkyl halides is 1. The molecule has 1 atom stereocenters. The second kappa shape index (κ2) is 5.99. The van der Waals surface area contributed by atoms with Gasteiger partial charge in [-0.15, -0.1) is 22.9 Å². The standard InChI is InChI=1S/C10H16ClNS2/c1-7(4-5-11)13-6-10-12-8(2)9(3)14-10/h7H,4-6H2,1-3H3. The third-order valence-electron chi connectivity index (χ3n) is 2.08. The number of halogens is 1. The smallest absolute Gasteiger partial charge is 0.103 e. The molecule has 0 aromatic carbocycles. The number of aryl methyl sites for hydroxylation is 2. The van der Waals surface area contributed by atoms with Crippen molar-refractivity contribution in [2.45, 2.75) is 38.2 Å². The molecule has 0 radical (unpaired) electrons. The van der Waals surface area contributed by atoms with Gasteiger partial charge in [0.25, 0.3) is 0 Å². The summed E-state index contributed by atoms with van der Waals surface area (Å²) in [6.07, 6.45) is 1.08. The van der Waals surface area contributed by atoms with E-state index in [9.17, 15) is 0 Å². The zero-order valence-electron chi connectivity index (χ0n) is 8.84. The number of thioether (sulfide) groups is 1. The largest absolute Gasteiger partial charge is 0.245 e. The summed E-state index contributed by atoms with van der Waals surface area (Å²) in [4.78, 5) is 5.85. The molecule has 0 saturated carbocycles. The van der Waals surface area contributed by atoms with Gasteiger partial charge in [-0.25, -0.2) is 4.98 Å². The van der Waals surface area contributed by atoms with E-state index in [0.29, 0.717) is 5.25 Å². The van der Waals surface area contributed by atoms with Crippen LogP contribution in [0.5, 0.6) is 0 Å². The summed E-state index contributed by atoms with van der Waals surface area (Å²) < 4.78 is 0. The van der Waals surface area contributed by atoms with Crippen molar-refractivity contribution < 1.29 is 0 Å². The summed E-state index contributed by atoms with van der Waals surface area (Å²) in [7, 11) is 0. The summed E-state index contributed by atoms with van der Waals surface area (Å²) in [5, 5.41) is 1.88. The lowest BCUT2D eigenvalue weighted by molar-refractivity contribution is 0.911. The second-order valence-electron chi connectivity index (χ2n) is 3.35. The van der Waals surface area contributed by atoms with E-state index in [-0.39, 0.29) is 0 Å². The van der Waals surface area contributed by atoms with E-state index in [0.717, 1.165) is 18.1 Å². The number of hydrogen-bond donors (Lipinski definition) is 0. The van der Waals surface area contributed by atoms with Crippen molar-refractivity contribution in [3.05, 3.63) is 15.6 Å². The molecule has 0 saturated heterocycles. The Balaban J connectivity index is 2.38. The van der Waals surface area contributed by atoms with Crippen molar-refractivity contribution in [2.24, 2.45) is 0 Å². The van der Waals surface area contributed by atoms with Crippen LogP contribution in [-0.4, -0.2) is 16.1 Å². The minimum Gasteiger partial charge on any atom is -0.245 e. The van der Waals surface area contributed by atoms with Crippen LogP contribution in [0, 0.1) is 13.8 Å². The highest BCUT2D eigenvalue weighted by atomic mass is 35.5. The molecule has 1 aromatic rings. The van der Waals surface area contributed by atoms with E-state index >= 15 is 0 Å². The first-order valence-electron chi connectivity index (χ1n) is 4.74. The van der Waals surface area contributed by atoms with Gasteiger partial charge in [-0.05, 0) is 20.3 Å². The van der Waals surface area contributed by atoms with Gasteiger partial charge in [-0.3, -0.25) is 0 Å². The second-order valence-corrected chi connectivity index (χ2v) is 6.44. The van der Waals surface area contributed by atoms with Crippen molar-refractivity contribution in [3.63, 3.8) is 0 Å². The molecule has 1 heterocycles. The Bertz CT molecular complexity index is 266. The number of aromatic nitrogens is 1. The van der Waals surface area contributed by atoms with E-state index in [1.165, 1.54) is 15.6 Å². The quantitative estimate of drug-likeness (QED) is 0.732. The molecular weight excluding hydrogens is 234 g/mol. The molecule has 0 bridgehead atoms. The van der Waals surface area contributed by atoms with E-state index in [1.54, 1.807) is 0 Å². The van der Waals surface area contributed by atoms with Crippen molar-refractivity contribution >= 4 is 34.7 Å². The molecule has 4 heteroatoms. The fourth-order valence-corrected chi connectivity index (χ4v) is 3.45. The fraction of sp³-hybridized carbons (Fsp3) is 0.700. The van der Waals surface area contributed by atoms with E-state index in [1.807, 2.05) is 23.1 Å². The van der Waals surface area contributed by atoms with Crippen molar-refractivity contribution in [1.82, 2.24) is 4.98 Å². The van der Waals surface area contributed by atoms with Gasteiger partial charge >= 0.3 is 0 Å². The highest BCUT2D eigenvalue weighted by Crippen LogP contribution is 2.24. The van der Waals surface area contributed by atoms with Gasteiger partial charge in [-0.1, -0.05) is 6.92 Å². The zero-order valence-corrected chi connectivity index (χ0v) is 11.2. The Morgan fingerprint density at radius 1 is 1.50 bits per heavy atom. The number of nitrogens with zero attached hydrogens (tertiary/aromatic N) is 1. The first kappa shape index (κ1) is 12.3. The molecule has 1 aromatic heterocycles. The zero-order chi connectivity index (χ0) is 10.6. The molecule has 0 amide bonds. The third kappa shape index (κ3) is 3.79. The van der Waals surface area contributed by atoms with E-state index < -0.39 is 0 Å². The maximum atomic E-state index is 5.68. The first-order chi connectivity index (χ1) is 6.63. The molecule has 0 aliphatic heterocycles. The maximum absolute atomic E-state index is 5.68. The maximum Gasteiger partial charge on any atom is 0.103 e. The highest BCUT2D eigenvalue weighted by Gasteiger charge is 2.06. The molecule has 0 fully saturated rings. The lowest BCUT2D eigenvalue weighted by Crippen LogP contribution is -1.97. The van der Waals surface area contributed by atoms with Gasteiger partial charge in [0.15, 0.2) is 0 Å². The van der Waals surface area contributed by atoms with E-state index in [2.05, 4.69) is 25.8 Å². The van der Waals surface area contributed by atoms with Gasteiger partial charge in [-0.2, -0.15) is 11.8 Å². The summed E-state index contributed by atoms with van der Waals surface area (Å²) in [5.74, 6) is 1.78. The lowest BCUT2D eigenvalue weighted by atomic mass is 10.4. The molecule has 0 aliphatic rings. The molecule has 1 nitrogen and oxygen atoms in total. The first-order valence-corrected chi connectivity index (χ1v) is 7.14. The van der Waals surface area contributed by atoms with Crippen molar-refractivity contribution in [1.29, 1.82) is 0 Å². The molecule has 1 rings (SSSR count). The molecule has 0 N–H and O–H groups in total. The number of rotatable bonds is 5. The topological polar surface area (TPSA) is 12.9 Å². The normalized spacial score (nSPS) is 13.1. The van der Waals surface area contributed by atoms with Crippen LogP contribution >= 0.6 is 34.7 Å². The Labute approximate surface area is 99.3 Å². The average molecular weight is 250 g/mol. The number of thiazole rings is 1. The molecule has 14 heavy (non-hydrogen) atoms. The van der Waals surface area contributed by atoms with Crippen LogP contribution in [-0.2, 0) is 5.75 Å². The number of hydrogen-bond acceptors (Lipinski definition) is 3. The highest BCUT2D eigenvalue weighted by molar-refractivity contribution is 7.99. The third-order valence-corrected chi connectivity index (χ3v) is 4.80. The molecule has 0 aliphatic carbocycles. The van der Waals surface area contributed by atoms with Gasteiger partial charge < -0.3 is 0 Å². The molecule has 1 unspecified atom stereocenters. The van der Waals surface area contributed by atoms with Crippen molar-refractivity contribution in [3.8, 4) is 0 Å². The van der Waals surface area contributed by atoms with Crippen LogP contribution in [0.4, 0.5) is 0 Å². The molecular formula is C10H16ClNS2. The van der Waals surface area contributed by atoms with Crippen LogP contribution in [0.15, 0.2) is 0 Å². The average Bonchev–Trinajstić information content (AvgIpc) is 2.44. The van der Waals surface area contributed by atoms with Crippen LogP contribution in [0.1, 0.15) is 28.9 Å². The monoisotopic (exact) mass is 249 g/mol. The summed E-state index contributed by atoms with van der Waals surface area (Å²) in [5.41, 5.74) is 1.18. The summed E-state index contributed by atoms with van der Waals surface area (Å²) >= 11 is 9.43. The Morgan fingerprint density at radius 3 is 2.71 bits per heavy atom. The van der Waals surface area contributed by atoms with Crippen LogP contribution < -0.4 is 0 Å². The predicted molar refractivity (Wildman–Crippen MR) is 67.7 cm³/mol. The molecule has 80 valence electrons.